The van der Waals surface area contributed by atoms with Crippen LogP contribution in [0.5, 0.6) is 0 Å². The van der Waals surface area contributed by atoms with E-state index in [-0.39, 0.29) is 12.0 Å². The number of ether oxygens (including phenoxy) is 1. The second-order valence-electron chi connectivity index (χ2n) is 5.55. The summed E-state index contributed by atoms with van der Waals surface area (Å²) < 4.78 is 5.08. The van der Waals surface area contributed by atoms with Crippen LogP contribution in [0.2, 0.25) is 0 Å². The molecule has 0 rings (SSSR count). The van der Waals surface area contributed by atoms with Crippen LogP contribution in [0, 0.1) is 5.41 Å². The van der Waals surface area contributed by atoms with E-state index in [9.17, 15) is 0 Å². The average molecular weight is 246 g/mol. The molecule has 0 aliphatic heterocycles. The van der Waals surface area contributed by atoms with Crippen LogP contribution in [0.1, 0.15) is 27.2 Å². The van der Waals surface area contributed by atoms with E-state index in [1.165, 1.54) is 0 Å². The minimum atomic E-state index is 0.212. The van der Waals surface area contributed by atoms with E-state index in [0.717, 1.165) is 32.7 Å². The van der Waals surface area contributed by atoms with Gasteiger partial charge in [-0.1, -0.05) is 20.8 Å². The number of rotatable bonds is 9. The summed E-state index contributed by atoms with van der Waals surface area (Å²) in [5.41, 5.74) is 0.265. The fourth-order valence-corrected chi connectivity index (χ4v) is 2.02. The standard InChI is InChI=1S/C13H30N2O2/c1-13(2,3)12(14-4)6-7-15(8-10-16)9-11-17-5/h12,14,16H,6-11H2,1-5H3. The van der Waals surface area contributed by atoms with Gasteiger partial charge in [-0.05, 0) is 25.4 Å². The summed E-state index contributed by atoms with van der Waals surface area (Å²) in [4.78, 5) is 2.25. The summed E-state index contributed by atoms with van der Waals surface area (Å²) in [6.45, 7) is 10.3. The van der Waals surface area contributed by atoms with Crippen molar-refractivity contribution >= 4 is 0 Å². The van der Waals surface area contributed by atoms with Crippen molar-refractivity contribution in [1.29, 1.82) is 0 Å². The number of methoxy groups -OCH3 is 1. The van der Waals surface area contributed by atoms with Gasteiger partial charge in [-0.2, -0.15) is 0 Å². The highest BCUT2D eigenvalue weighted by molar-refractivity contribution is 4.80. The quantitative estimate of drug-likeness (QED) is 0.636. The lowest BCUT2D eigenvalue weighted by Crippen LogP contribution is -2.42. The Bertz CT molecular complexity index is 181. The molecule has 0 amide bonds. The molecule has 1 atom stereocenters. The number of nitrogens with zero attached hydrogens (tertiary/aromatic N) is 1. The van der Waals surface area contributed by atoms with Gasteiger partial charge in [0.05, 0.1) is 13.2 Å². The van der Waals surface area contributed by atoms with E-state index < -0.39 is 0 Å². The van der Waals surface area contributed by atoms with Crippen LogP contribution in [0.15, 0.2) is 0 Å². The third-order valence-electron chi connectivity index (χ3n) is 3.16. The molecule has 4 heteroatoms. The summed E-state index contributed by atoms with van der Waals surface area (Å²) in [5.74, 6) is 0. The van der Waals surface area contributed by atoms with Crippen LogP contribution in [0.3, 0.4) is 0 Å². The van der Waals surface area contributed by atoms with Crippen molar-refractivity contribution in [3.8, 4) is 0 Å². The zero-order valence-corrected chi connectivity index (χ0v) is 12.1. The lowest BCUT2D eigenvalue weighted by atomic mass is 9.85. The molecule has 0 saturated carbocycles. The van der Waals surface area contributed by atoms with Gasteiger partial charge < -0.3 is 15.2 Å². The molecule has 0 spiro atoms. The Morgan fingerprint density at radius 1 is 1.24 bits per heavy atom. The summed E-state index contributed by atoms with van der Waals surface area (Å²) in [7, 11) is 3.73. The molecular formula is C13H30N2O2. The molecule has 0 aromatic carbocycles. The SMILES string of the molecule is CNC(CCN(CCO)CCOC)C(C)(C)C. The zero-order valence-electron chi connectivity index (χ0n) is 12.1. The smallest absolute Gasteiger partial charge is 0.0589 e. The molecule has 2 N–H and O–H groups in total. The van der Waals surface area contributed by atoms with E-state index in [0.29, 0.717) is 6.04 Å². The maximum Gasteiger partial charge on any atom is 0.0589 e. The predicted molar refractivity (Wildman–Crippen MR) is 72.3 cm³/mol. The van der Waals surface area contributed by atoms with Crippen molar-refractivity contribution in [3.63, 3.8) is 0 Å². The molecule has 0 bridgehead atoms. The molecule has 0 saturated heterocycles. The van der Waals surface area contributed by atoms with Crippen molar-refractivity contribution in [2.24, 2.45) is 5.41 Å². The van der Waals surface area contributed by atoms with E-state index in [1.807, 2.05) is 7.05 Å². The topological polar surface area (TPSA) is 44.7 Å². The fourth-order valence-electron chi connectivity index (χ4n) is 2.02. The fraction of sp³-hybridized carbons (Fsp3) is 1.00. The lowest BCUT2D eigenvalue weighted by molar-refractivity contribution is 0.122. The number of aliphatic hydroxyl groups is 1. The van der Waals surface area contributed by atoms with E-state index in [2.05, 4.69) is 31.0 Å². The van der Waals surface area contributed by atoms with Crippen LogP contribution in [0.4, 0.5) is 0 Å². The Labute approximate surface area is 106 Å². The number of aliphatic hydroxyl groups excluding tert-OH is 1. The maximum absolute atomic E-state index is 9.02. The summed E-state index contributed by atoms with van der Waals surface area (Å²) >= 11 is 0. The monoisotopic (exact) mass is 246 g/mol. The summed E-state index contributed by atoms with van der Waals surface area (Å²) in [6.07, 6.45) is 1.09. The van der Waals surface area contributed by atoms with Crippen molar-refractivity contribution in [2.45, 2.75) is 33.2 Å². The van der Waals surface area contributed by atoms with Gasteiger partial charge in [0.25, 0.3) is 0 Å². The Hall–Kier alpha value is -0.160. The minimum absolute atomic E-state index is 0.212. The first kappa shape index (κ1) is 16.8. The Kier molecular flexibility index (Phi) is 8.78. The third-order valence-corrected chi connectivity index (χ3v) is 3.16. The van der Waals surface area contributed by atoms with Crippen LogP contribution >= 0.6 is 0 Å². The maximum atomic E-state index is 9.02. The Balaban J connectivity index is 4.08. The van der Waals surface area contributed by atoms with Crippen LogP contribution in [-0.4, -0.2) is 63.1 Å². The largest absolute Gasteiger partial charge is 0.395 e. The van der Waals surface area contributed by atoms with Gasteiger partial charge in [-0.3, -0.25) is 4.90 Å². The molecule has 1 unspecified atom stereocenters. The minimum Gasteiger partial charge on any atom is -0.395 e. The highest BCUT2D eigenvalue weighted by atomic mass is 16.5. The summed E-state index contributed by atoms with van der Waals surface area (Å²) in [5, 5.41) is 12.4. The van der Waals surface area contributed by atoms with Gasteiger partial charge >= 0.3 is 0 Å². The summed E-state index contributed by atoms with van der Waals surface area (Å²) in [6, 6.07) is 0.492. The van der Waals surface area contributed by atoms with Crippen molar-refractivity contribution in [3.05, 3.63) is 0 Å². The molecule has 17 heavy (non-hydrogen) atoms. The van der Waals surface area contributed by atoms with Gasteiger partial charge in [0.1, 0.15) is 0 Å². The zero-order chi connectivity index (χ0) is 13.3. The molecule has 0 aromatic rings. The van der Waals surface area contributed by atoms with Gasteiger partial charge in [0.15, 0.2) is 0 Å². The number of hydrogen-bond acceptors (Lipinski definition) is 4. The highest BCUT2D eigenvalue weighted by Gasteiger charge is 2.23. The first-order valence-electron chi connectivity index (χ1n) is 6.45. The molecule has 0 radical (unpaired) electrons. The molecule has 0 aliphatic rings. The number of nitrogens with one attached hydrogen (secondary N) is 1. The van der Waals surface area contributed by atoms with Crippen LogP contribution in [0.25, 0.3) is 0 Å². The van der Waals surface area contributed by atoms with E-state index in [1.54, 1.807) is 7.11 Å². The second kappa shape index (κ2) is 8.86. The molecular weight excluding hydrogens is 216 g/mol. The Morgan fingerprint density at radius 2 is 1.88 bits per heavy atom. The normalized spacial score (nSPS) is 14.3. The molecule has 0 aromatic heterocycles. The molecule has 0 aliphatic carbocycles. The predicted octanol–water partition coefficient (Wildman–Crippen LogP) is 0.951. The number of hydrogen-bond donors (Lipinski definition) is 2. The van der Waals surface area contributed by atoms with Gasteiger partial charge in [0, 0.05) is 26.2 Å². The third kappa shape index (κ3) is 7.71. The lowest BCUT2D eigenvalue weighted by Gasteiger charge is -2.32. The van der Waals surface area contributed by atoms with Crippen LogP contribution < -0.4 is 5.32 Å². The van der Waals surface area contributed by atoms with Crippen molar-refractivity contribution < 1.29 is 9.84 Å². The van der Waals surface area contributed by atoms with Gasteiger partial charge in [-0.15, -0.1) is 0 Å². The first-order chi connectivity index (χ1) is 7.95. The average Bonchev–Trinajstić information content (AvgIpc) is 2.24. The molecule has 104 valence electrons. The van der Waals surface area contributed by atoms with E-state index >= 15 is 0 Å². The van der Waals surface area contributed by atoms with Crippen molar-refractivity contribution in [2.75, 3.05) is 47.0 Å². The Morgan fingerprint density at radius 3 is 2.29 bits per heavy atom. The van der Waals surface area contributed by atoms with E-state index in [4.69, 9.17) is 9.84 Å². The molecule has 0 heterocycles. The second-order valence-corrected chi connectivity index (χ2v) is 5.55. The van der Waals surface area contributed by atoms with Crippen LogP contribution in [-0.2, 0) is 4.74 Å². The van der Waals surface area contributed by atoms with Gasteiger partial charge in [0.2, 0.25) is 0 Å². The molecule has 4 nitrogen and oxygen atoms in total. The highest BCUT2D eigenvalue weighted by Crippen LogP contribution is 2.21. The first-order valence-corrected chi connectivity index (χ1v) is 6.45. The van der Waals surface area contributed by atoms with Gasteiger partial charge in [-0.25, -0.2) is 0 Å². The molecule has 0 fully saturated rings. The van der Waals surface area contributed by atoms with Crippen molar-refractivity contribution in [1.82, 2.24) is 10.2 Å².